The van der Waals surface area contributed by atoms with Gasteiger partial charge in [0.15, 0.2) is 0 Å². The smallest absolute Gasteiger partial charge is 0.207 e. The fourth-order valence-corrected chi connectivity index (χ4v) is 7.50. The van der Waals surface area contributed by atoms with Gasteiger partial charge in [-0.05, 0) is 48.6 Å². The summed E-state index contributed by atoms with van der Waals surface area (Å²) in [6.45, 7) is 4.77. The van der Waals surface area contributed by atoms with Crippen molar-refractivity contribution < 1.29 is 16.8 Å². The fourth-order valence-electron chi connectivity index (χ4n) is 3.42. The Morgan fingerprint density at radius 3 is 2.22 bits per heavy atom. The molecule has 0 aliphatic carbocycles. The van der Waals surface area contributed by atoms with Crippen molar-refractivity contribution in [3.8, 4) is 0 Å². The van der Waals surface area contributed by atoms with Crippen LogP contribution in [0.3, 0.4) is 0 Å². The highest BCUT2D eigenvalue weighted by Crippen LogP contribution is 2.38. The van der Waals surface area contributed by atoms with Crippen LogP contribution in [0.2, 0.25) is 0 Å². The zero-order valence-corrected chi connectivity index (χ0v) is 17.9. The second-order valence-electron chi connectivity index (χ2n) is 6.35. The standard InChI is InChI=1S/C18H24N2O4S3/c1-3-19(4-2)26(21,22)15-9-11-16(12-10-15)27(23,24)20-13-5-7-17(20)18-8-6-14-25-18/h6,8-12,14,17H,3-5,7,13H2,1-2H3. The Hall–Kier alpha value is -1.26. The summed E-state index contributed by atoms with van der Waals surface area (Å²) in [5.41, 5.74) is 0. The summed E-state index contributed by atoms with van der Waals surface area (Å²) < 4.78 is 54.3. The average molecular weight is 429 g/mol. The molecule has 9 heteroatoms. The maximum atomic E-state index is 13.1. The number of hydrogen-bond donors (Lipinski definition) is 0. The molecule has 6 nitrogen and oxygen atoms in total. The normalized spacial score (nSPS) is 19.0. The Morgan fingerprint density at radius 2 is 1.67 bits per heavy atom. The van der Waals surface area contributed by atoms with Crippen molar-refractivity contribution in [3.05, 3.63) is 46.7 Å². The number of nitrogens with zero attached hydrogens (tertiary/aromatic N) is 2. The van der Waals surface area contributed by atoms with E-state index in [0.717, 1.165) is 17.7 Å². The van der Waals surface area contributed by atoms with Gasteiger partial charge in [0.25, 0.3) is 0 Å². The zero-order chi connectivity index (χ0) is 19.7. The first kappa shape index (κ1) is 20.5. The van der Waals surface area contributed by atoms with Crippen LogP contribution in [0, 0.1) is 0 Å². The topological polar surface area (TPSA) is 74.8 Å². The van der Waals surface area contributed by atoms with E-state index in [9.17, 15) is 16.8 Å². The van der Waals surface area contributed by atoms with E-state index in [2.05, 4.69) is 0 Å². The molecule has 3 rings (SSSR count). The summed E-state index contributed by atoms with van der Waals surface area (Å²) in [7, 11) is -7.28. The third-order valence-corrected chi connectivity index (χ3v) is 9.81. The lowest BCUT2D eigenvalue weighted by molar-refractivity contribution is 0.401. The van der Waals surface area contributed by atoms with Crippen molar-refractivity contribution in [3.63, 3.8) is 0 Å². The van der Waals surface area contributed by atoms with Crippen molar-refractivity contribution in [1.29, 1.82) is 0 Å². The molecule has 0 saturated carbocycles. The van der Waals surface area contributed by atoms with Gasteiger partial charge in [-0.1, -0.05) is 19.9 Å². The van der Waals surface area contributed by atoms with Crippen LogP contribution in [0.5, 0.6) is 0 Å². The van der Waals surface area contributed by atoms with Gasteiger partial charge in [0.05, 0.1) is 15.8 Å². The highest BCUT2D eigenvalue weighted by atomic mass is 32.2. The molecule has 1 aliphatic heterocycles. The van der Waals surface area contributed by atoms with Crippen molar-refractivity contribution in [2.24, 2.45) is 0 Å². The molecule has 0 radical (unpaired) electrons. The van der Waals surface area contributed by atoms with Gasteiger partial charge in [-0.2, -0.15) is 8.61 Å². The Morgan fingerprint density at radius 1 is 1.04 bits per heavy atom. The van der Waals surface area contributed by atoms with Gasteiger partial charge >= 0.3 is 0 Å². The molecule has 1 fully saturated rings. The number of rotatable bonds is 7. The molecule has 1 aliphatic rings. The first-order valence-electron chi connectivity index (χ1n) is 8.97. The molecule has 1 unspecified atom stereocenters. The molecule has 148 valence electrons. The van der Waals surface area contributed by atoms with E-state index in [1.807, 2.05) is 17.5 Å². The van der Waals surface area contributed by atoms with E-state index in [-0.39, 0.29) is 15.8 Å². The molecule has 1 atom stereocenters. The van der Waals surface area contributed by atoms with Gasteiger partial charge in [-0.3, -0.25) is 0 Å². The summed E-state index contributed by atoms with van der Waals surface area (Å²) in [4.78, 5) is 1.28. The van der Waals surface area contributed by atoms with Gasteiger partial charge in [0.1, 0.15) is 0 Å². The maximum Gasteiger partial charge on any atom is 0.243 e. The molecular formula is C18H24N2O4S3. The first-order chi connectivity index (χ1) is 12.8. The highest BCUT2D eigenvalue weighted by molar-refractivity contribution is 7.89. The molecule has 0 spiro atoms. The number of thiophene rings is 1. The summed E-state index contributed by atoms with van der Waals surface area (Å²) in [6.07, 6.45) is 1.62. The van der Waals surface area contributed by atoms with E-state index in [1.54, 1.807) is 25.2 Å². The molecule has 1 saturated heterocycles. The second kappa shape index (κ2) is 8.00. The van der Waals surface area contributed by atoms with E-state index in [1.165, 1.54) is 32.9 Å². The van der Waals surface area contributed by atoms with Gasteiger partial charge in [-0.15, -0.1) is 11.3 Å². The highest BCUT2D eigenvalue weighted by Gasteiger charge is 2.36. The predicted molar refractivity (Wildman–Crippen MR) is 107 cm³/mol. The van der Waals surface area contributed by atoms with Crippen LogP contribution in [0.25, 0.3) is 0 Å². The predicted octanol–water partition coefficient (Wildman–Crippen LogP) is 3.30. The minimum atomic E-state index is -3.68. The lowest BCUT2D eigenvalue weighted by Gasteiger charge is -2.23. The van der Waals surface area contributed by atoms with E-state index in [4.69, 9.17) is 0 Å². The molecule has 2 heterocycles. The van der Waals surface area contributed by atoms with Gasteiger partial charge < -0.3 is 0 Å². The van der Waals surface area contributed by atoms with Crippen LogP contribution in [0.4, 0.5) is 0 Å². The quantitative estimate of drug-likeness (QED) is 0.678. The Kier molecular flexibility index (Phi) is 6.07. The van der Waals surface area contributed by atoms with Crippen molar-refractivity contribution in [2.45, 2.75) is 42.5 Å². The molecule has 2 aromatic rings. The van der Waals surface area contributed by atoms with Crippen LogP contribution in [-0.4, -0.2) is 45.1 Å². The Bertz CT molecular complexity index is 964. The Labute approximate surface area is 165 Å². The monoisotopic (exact) mass is 428 g/mol. The lowest BCUT2D eigenvalue weighted by atomic mass is 10.2. The van der Waals surface area contributed by atoms with Crippen LogP contribution in [0.15, 0.2) is 51.6 Å². The average Bonchev–Trinajstić information content (AvgIpc) is 3.34. The van der Waals surface area contributed by atoms with Crippen molar-refractivity contribution in [1.82, 2.24) is 8.61 Å². The third kappa shape index (κ3) is 3.84. The van der Waals surface area contributed by atoms with Crippen LogP contribution >= 0.6 is 11.3 Å². The molecule has 1 aromatic heterocycles. The van der Waals surface area contributed by atoms with Crippen molar-refractivity contribution in [2.75, 3.05) is 19.6 Å². The van der Waals surface area contributed by atoms with Gasteiger partial charge in [-0.25, -0.2) is 16.8 Å². The number of hydrogen-bond acceptors (Lipinski definition) is 5. The minimum absolute atomic E-state index is 0.112. The SMILES string of the molecule is CCN(CC)S(=O)(=O)c1ccc(S(=O)(=O)N2CCCC2c2cccs2)cc1. The van der Waals surface area contributed by atoms with E-state index in [0.29, 0.717) is 19.6 Å². The number of sulfonamides is 2. The summed E-state index contributed by atoms with van der Waals surface area (Å²) in [6, 6.07) is 9.31. The van der Waals surface area contributed by atoms with Crippen LogP contribution < -0.4 is 0 Å². The maximum absolute atomic E-state index is 13.1. The second-order valence-corrected chi connectivity index (χ2v) is 11.2. The third-order valence-electron chi connectivity index (χ3n) is 4.85. The number of benzene rings is 1. The molecule has 0 bridgehead atoms. The summed E-state index contributed by atoms with van der Waals surface area (Å²) in [5, 5.41) is 1.95. The van der Waals surface area contributed by atoms with E-state index < -0.39 is 20.0 Å². The summed E-state index contributed by atoms with van der Waals surface area (Å²) in [5.74, 6) is 0. The molecule has 0 N–H and O–H groups in total. The molecular weight excluding hydrogens is 404 g/mol. The summed E-state index contributed by atoms with van der Waals surface area (Å²) >= 11 is 1.56. The zero-order valence-electron chi connectivity index (χ0n) is 15.4. The first-order valence-corrected chi connectivity index (χ1v) is 12.7. The van der Waals surface area contributed by atoms with Crippen molar-refractivity contribution >= 4 is 31.4 Å². The van der Waals surface area contributed by atoms with Crippen LogP contribution in [-0.2, 0) is 20.0 Å². The largest absolute Gasteiger partial charge is 0.243 e. The lowest BCUT2D eigenvalue weighted by Crippen LogP contribution is -2.31. The fraction of sp³-hybridized carbons (Fsp3) is 0.444. The van der Waals surface area contributed by atoms with E-state index >= 15 is 0 Å². The molecule has 1 aromatic carbocycles. The van der Waals surface area contributed by atoms with Gasteiger partial charge in [0, 0.05) is 24.5 Å². The van der Waals surface area contributed by atoms with Gasteiger partial charge in [0.2, 0.25) is 20.0 Å². The molecule has 0 amide bonds. The minimum Gasteiger partial charge on any atom is -0.207 e. The Balaban J connectivity index is 1.90. The molecule has 27 heavy (non-hydrogen) atoms. The van der Waals surface area contributed by atoms with Crippen LogP contribution in [0.1, 0.15) is 37.6 Å².